The molecule has 0 N–H and O–H groups in total. The Hall–Kier alpha value is -0.870. The van der Waals surface area contributed by atoms with Gasteiger partial charge >= 0.3 is 0 Å². The number of ether oxygens (including phenoxy) is 1. The number of hydrogen-bond donors (Lipinski definition) is 0. The predicted molar refractivity (Wildman–Crippen MR) is 65.2 cm³/mol. The standard InChI is InChI=1S/C12H17ClN2O2/c1-7-4-9(6-17-7)11(16)5-10-8(2)14-15(3)12(10)13/h7,9H,4-6H2,1-3H3. The van der Waals surface area contributed by atoms with Gasteiger partial charge in [0, 0.05) is 24.9 Å². The van der Waals surface area contributed by atoms with Gasteiger partial charge in [0.2, 0.25) is 0 Å². The smallest absolute Gasteiger partial charge is 0.142 e. The molecule has 0 spiro atoms. The summed E-state index contributed by atoms with van der Waals surface area (Å²) in [6, 6.07) is 0. The van der Waals surface area contributed by atoms with Gasteiger partial charge in [0.25, 0.3) is 0 Å². The summed E-state index contributed by atoms with van der Waals surface area (Å²) in [5, 5.41) is 4.76. The molecular formula is C12H17ClN2O2. The number of rotatable bonds is 3. The van der Waals surface area contributed by atoms with Crippen LogP contribution in [0.1, 0.15) is 24.6 Å². The average Bonchev–Trinajstić information content (AvgIpc) is 2.79. The lowest BCUT2D eigenvalue weighted by molar-refractivity contribution is -0.122. The van der Waals surface area contributed by atoms with Crippen LogP contribution in [0.4, 0.5) is 0 Å². The highest BCUT2D eigenvalue weighted by atomic mass is 35.5. The van der Waals surface area contributed by atoms with E-state index in [1.54, 1.807) is 11.7 Å². The summed E-state index contributed by atoms with van der Waals surface area (Å²) < 4.78 is 7.02. The van der Waals surface area contributed by atoms with E-state index in [0.717, 1.165) is 17.7 Å². The summed E-state index contributed by atoms with van der Waals surface area (Å²) >= 11 is 6.11. The minimum absolute atomic E-state index is 0.0145. The van der Waals surface area contributed by atoms with Crippen molar-refractivity contribution in [3.8, 4) is 0 Å². The van der Waals surface area contributed by atoms with Gasteiger partial charge in [-0.05, 0) is 20.3 Å². The van der Waals surface area contributed by atoms with E-state index in [2.05, 4.69) is 5.10 Å². The molecule has 0 bridgehead atoms. The Morgan fingerprint density at radius 3 is 2.82 bits per heavy atom. The molecule has 1 saturated heterocycles. The van der Waals surface area contributed by atoms with Crippen LogP contribution in [0.15, 0.2) is 0 Å². The lowest BCUT2D eigenvalue weighted by Gasteiger charge is -2.06. The summed E-state index contributed by atoms with van der Waals surface area (Å²) in [4.78, 5) is 12.1. The van der Waals surface area contributed by atoms with Crippen molar-refractivity contribution >= 4 is 17.4 Å². The van der Waals surface area contributed by atoms with Crippen LogP contribution in [0.3, 0.4) is 0 Å². The van der Waals surface area contributed by atoms with Crippen molar-refractivity contribution < 1.29 is 9.53 Å². The van der Waals surface area contributed by atoms with Crippen LogP contribution in [0, 0.1) is 12.8 Å². The quantitative estimate of drug-likeness (QED) is 0.830. The van der Waals surface area contributed by atoms with Gasteiger partial charge in [0.15, 0.2) is 0 Å². The van der Waals surface area contributed by atoms with Gasteiger partial charge in [-0.25, -0.2) is 0 Å². The maximum Gasteiger partial charge on any atom is 0.142 e. The number of nitrogens with zero attached hydrogens (tertiary/aromatic N) is 2. The second kappa shape index (κ2) is 4.78. The molecule has 2 unspecified atom stereocenters. The van der Waals surface area contributed by atoms with Crippen molar-refractivity contribution in [3.05, 3.63) is 16.4 Å². The lowest BCUT2D eigenvalue weighted by atomic mass is 9.96. The zero-order valence-corrected chi connectivity index (χ0v) is 11.1. The van der Waals surface area contributed by atoms with E-state index in [0.29, 0.717) is 18.2 Å². The van der Waals surface area contributed by atoms with Crippen molar-refractivity contribution in [2.75, 3.05) is 6.61 Å². The zero-order valence-electron chi connectivity index (χ0n) is 10.4. The molecule has 94 valence electrons. The minimum Gasteiger partial charge on any atom is -0.378 e. The first-order valence-electron chi connectivity index (χ1n) is 5.81. The van der Waals surface area contributed by atoms with Crippen LogP contribution in [0.25, 0.3) is 0 Å². The molecule has 2 heterocycles. The molecule has 1 aliphatic rings. The molecule has 0 aromatic carbocycles. The predicted octanol–water partition coefficient (Wildman–Crippen LogP) is 1.92. The van der Waals surface area contributed by atoms with Crippen LogP contribution in [-0.2, 0) is 23.0 Å². The third-order valence-electron chi connectivity index (χ3n) is 3.27. The van der Waals surface area contributed by atoms with Gasteiger partial charge in [0.1, 0.15) is 10.9 Å². The highest BCUT2D eigenvalue weighted by Crippen LogP contribution is 2.25. The average molecular weight is 257 g/mol. The minimum atomic E-state index is 0.0145. The molecule has 17 heavy (non-hydrogen) atoms. The number of carbonyl (C=O) groups excluding carboxylic acids is 1. The number of halogens is 1. The molecule has 1 aliphatic heterocycles. The Balaban J connectivity index is 2.08. The van der Waals surface area contributed by atoms with Gasteiger partial charge in [-0.3, -0.25) is 9.48 Å². The maximum atomic E-state index is 12.1. The van der Waals surface area contributed by atoms with E-state index < -0.39 is 0 Å². The van der Waals surface area contributed by atoms with Crippen LogP contribution in [-0.4, -0.2) is 28.3 Å². The second-order valence-corrected chi connectivity index (χ2v) is 5.06. The monoisotopic (exact) mass is 256 g/mol. The normalized spacial score (nSPS) is 24.2. The molecule has 1 aromatic heterocycles. The molecule has 1 fully saturated rings. The van der Waals surface area contributed by atoms with Crippen molar-refractivity contribution in [3.63, 3.8) is 0 Å². The maximum absolute atomic E-state index is 12.1. The second-order valence-electron chi connectivity index (χ2n) is 4.70. The number of carbonyl (C=O) groups is 1. The SMILES string of the molecule is Cc1nn(C)c(Cl)c1CC(=O)C1COC(C)C1. The van der Waals surface area contributed by atoms with E-state index in [1.165, 1.54) is 0 Å². The number of Topliss-reactive ketones (excluding diaryl/α,β-unsaturated/α-hetero) is 1. The largest absolute Gasteiger partial charge is 0.378 e. The first-order valence-corrected chi connectivity index (χ1v) is 6.19. The van der Waals surface area contributed by atoms with Crippen molar-refractivity contribution in [2.45, 2.75) is 32.8 Å². The third kappa shape index (κ3) is 2.53. The summed E-state index contributed by atoms with van der Waals surface area (Å²) in [5.74, 6) is 0.216. The Kier molecular flexibility index (Phi) is 3.54. The van der Waals surface area contributed by atoms with Crippen LogP contribution in [0.2, 0.25) is 5.15 Å². The van der Waals surface area contributed by atoms with E-state index in [4.69, 9.17) is 16.3 Å². The third-order valence-corrected chi connectivity index (χ3v) is 3.75. The summed E-state index contributed by atoms with van der Waals surface area (Å²) in [6.45, 7) is 4.41. The van der Waals surface area contributed by atoms with Gasteiger partial charge in [-0.1, -0.05) is 11.6 Å². The van der Waals surface area contributed by atoms with E-state index in [-0.39, 0.29) is 17.8 Å². The van der Waals surface area contributed by atoms with Crippen molar-refractivity contribution in [1.29, 1.82) is 0 Å². The molecule has 4 nitrogen and oxygen atoms in total. The number of aromatic nitrogens is 2. The summed E-state index contributed by atoms with van der Waals surface area (Å²) in [5.41, 5.74) is 1.68. The fourth-order valence-corrected chi connectivity index (χ4v) is 2.48. The summed E-state index contributed by atoms with van der Waals surface area (Å²) in [6.07, 6.45) is 1.36. The van der Waals surface area contributed by atoms with Gasteiger partial charge in [0.05, 0.1) is 18.4 Å². The molecule has 0 saturated carbocycles. The fraction of sp³-hybridized carbons (Fsp3) is 0.667. The zero-order chi connectivity index (χ0) is 12.6. The number of hydrogen-bond acceptors (Lipinski definition) is 3. The first kappa shape index (κ1) is 12.6. The molecule has 0 amide bonds. The first-order chi connectivity index (χ1) is 7.99. The Labute approximate surface area is 106 Å². The van der Waals surface area contributed by atoms with E-state index in [9.17, 15) is 4.79 Å². The van der Waals surface area contributed by atoms with E-state index >= 15 is 0 Å². The summed E-state index contributed by atoms with van der Waals surface area (Å²) in [7, 11) is 1.78. The van der Waals surface area contributed by atoms with Gasteiger partial charge in [-0.15, -0.1) is 0 Å². The fourth-order valence-electron chi connectivity index (χ4n) is 2.23. The molecule has 5 heteroatoms. The van der Waals surface area contributed by atoms with E-state index in [1.807, 2.05) is 13.8 Å². The molecule has 2 atom stereocenters. The highest BCUT2D eigenvalue weighted by Gasteiger charge is 2.29. The Morgan fingerprint density at radius 2 is 2.35 bits per heavy atom. The molecule has 0 aliphatic carbocycles. The topological polar surface area (TPSA) is 44.1 Å². The van der Waals surface area contributed by atoms with Crippen LogP contribution >= 0.6 is 11.6 Å². The van der Waals surface area contributed by atoms with Gasteiger partial charge in [-0.2, -0.15) is 5.10 Å². The number of aryl methyl sites for hydroxylation is 2. The lowest BCUT2D eigenvalue weighted by Crippen LogP contribution is -2.17. The van der Waals surface area contributed by atoms with Crippen molar-refractivity contribution in [2.24, 2.45) is 13.0 Å². The highest BCUT2D eigenvalue weighted by molar-refractivity contribution is 6.30. The van der Waals surface area contributed by atoms with Crippen LogP contribution in [0.5, 0.6) is 0 Å². The van der Waals surface area contributed by atoms with Crippen molar-refractivity contribution in [1.82, 2.24) is 9.78 Å². The molecule has 1 aromatic rings. The van der Waals surface area contributed by atoms with Gasteiger partial charge < -0.3 is 4.74 Å². The molecular weight excluding hydrogens is 240 g/mol. The Bertz CT molecular complexity index is 442. The number of ketones is 1. The van der Waals surface area contributed by atoms with Crippen LogP contribution < -0.4 is 0 Å². The Morgan fingerprint density at radius 1 is 1.65 bits per heavy atom. The molecule has 0 radical (unpaired) electrons. The molecule has 2 rings (SSSR count).